The summed E-state index contributed by atoms with van der Waals surface area (Å²) < 4.78 is 5.22. The number of hydrogen-bond acceptors (Lipinski definition) is 3. The van der Waals surface area contributed by atoms with Crippen molar-refractivity contribution in [2.75, 3.05) is 20.7 Å². The molecule has 0 aliphatic rings. The highest BCUT2D eigenvalue weighted by Gasteiger charge is 2.11. The molecule has 1 amide bonds. The fourth-order valence-electron chi connectivity index (χ4n) is 0.658. The minimum absolute atomic E-state index is 0.234. The molecule has 1 N–H and O–H groups in total. The topological polar surface area (TPSA) is 41.6 Å². The molecule has 0 rings (SSSR count). The molecule has 0 radical (unpaired) electrons. The van der Waals surface area contributed by atoms with Crippen molar-refractivity contribution in [3.8, 4) is 0 Å². The molecule has 0 aliphatic carbocycles. The predicted molar refractivity (Wildman–Crippen MR) is 47.4 cm³/mol. The van der Waals surface area contributed by atoms with Gasteiger partial charge in [-0.15, -0.1) is 0 Å². The number of amides is 1. The Morgan fingerprint density at radius 2 is 2.33 bits per heavy atom. The smallest absolute Gasteiger partial charge is 0.246 e. The Kier molecular flexibility index (Phi) is 5.32. The Balaban J connectivity index is 3.94. The molecule has 4 nitrogen and oxygen atoms in total. The normalized spacial score (nSPS) is 12.7. The van der Waals surface area contributed by atoms with Gasteiger partial charge in [0.15, 0.2) is 6.35 Å². The molecule has 0 aromatic rings. The number of rotatable bonds is 5. The quantitative estimate of drug-likeness (QED) is 0.475. The lowest BCUT2D eigenvalue weighted by atomic mass is 10.6. The summed E-state index contributed by atoms with van der Waals surface area (Å²) in [5.41, 5.74) is 0. The molecule has 0 aliphatic heterocycles. The second-order valence-electron chi connectivity index (χ2n) is 2.48. The summed E-state index contributed by atoms with van der Waals surface area (Å²) in [5.74, 6) is -0.234. The SMILES string of the molecule is C=CC(=O)NC(OCC)N(C)C. The van der Waals surface area contributed by atoms with Gasteiger partial charge in [0.05, 0.1) is 0 Å². The first-order chi connectivity index (χ1) is 5.61. The van der Waals surface area contributed by atoms with Gasteiger partial charge in [-0.1, -0.05) is 6.58 Å². The third-order valence-corrected chi connectivity index (χ3v) is 1.24. The van der Waals surface area contributed by atoms with Crippen LogP contribution in [-0.4, -0.2) is 37.9 Å². The first-order valence-electron chi connectivity index (χ1n) is 3.82. The van der Waals surface area contributed by atoms with Crippen molar-refractivity contribution in [1.29, 1.82) is 0 Å². The fraction of sp³-hybridized carbons (Fsp3) is 0.625. The van der Waals surface area contributed by atoms with Crippen LogP contribution >= 0.6 is 0 Å². The largest absolute Gasteiger partial charge is 0.345 e. The van der Waals surface area contributed by atoms with Crippen molar-refractivity contribution in [2.45, 2.75) is 13.3 Å². The molecule has 0 saturated heterocycles. The molecule has 1 unspecified atom stereocenters. The highest BCUT2D eigenvalue weighted by atomic mass is 16.5. The van der Waals surface area contributed by atoms with E-state index < -0.39 is 0 Å². The Morgan fingerprint density at radius 1 is 1.75 bits per heavy atom. The van der Waals surface area contributed by atoms with Gasteiger partial charge in [0.2, 0.25) is 5.91 Å². The lowest BCUT2D eigenvalue weighted by Gasteiger charge is -2.23. The first kappa shape index (κ1) is 11.1. The molecule has 12 heavy (non-hydrogen) atoms. The molecule has 1 atom stereocenters. The van der Waals surface area contributed by atoms with E-state index in [0.717, 1.165) is 0 Å². The summed E-state index contributed by atoms with van der Waals surface area (Å²) >= 11 is 0. The molecule has 0 saturated carbocycles. The minimum atomic E-state index is -0.375. The molecular formula is C8H16N2O2. The fourth-order valence-corrected chi connectivity index (χ4v) is 0.658. The van der Waals surface area contributed by atoms with Crippen LogP contribution in [0, 0.1) is 0 Å². The van der Waals surface area contributed by atoms with Crippen LogP contribution in [0.1, 0.15) is 6.92 Å². The monoisotopic (exact) mass is 172 g/mol. The average molecular weight is 172 g/mol. The molecule has 0 aromatic heterocycles. The van der Waals surface area contributed by atoms with Gasteiger partial charge in [0.25, 0.3) is 0 Å². The number of carbonyl (C=O) groups excluding carboxylic acids is 1. The van der Waals surface area contributed by atoms with E-state index in [1.807, 2.05) is 21.0 Å². The van der Waals surface area contributed by atoms with Gasteiger partial charge in [-0.3, -0.25) is 9.69 Å². The number of hydrogen-bond donors (Lipinski definition) is 1. The van der Waals surface area contributed by atoms with Crippen LogP contribution in [0.4, 0.5) is 0 Å². The van der Waals surface area contributed by atoms with Crippen LogP contribution in [-0.2, 0) is 9.53 Å². The van der Waals surface area contributed by atoms with Gasteiger partial charge in [0, 0.05) is 6.61 Å². The lowest BCUT2D eigenvalue weighted by molar-refractivity contribution is -0.126. The minimum Gasteiger partial charge on any atom is -0.345 e. The summed E-state index contributed by atoms with van der Waals surface area (Å²) in [6, 6.07) is 0. The zero-order valence-corrected chi connectivity index (χ0v) is 7.83. The molecule has 0 fully saturated rings. The molecule has 0 heterocycles. The summed E-state index contributed by atoms with van der Waals surface area (Å²) in [6.07, 6.45) is 0.843. The Bertz CT molecular complexity index is 157. The van der Waals surface area contributed by atoms with Crippen LogP contribution < -0.4 is 5.32 Å². The van der Waals surface area contributed by atoms with Crippen molar-refractivity contribution in [3.63, 3.8) is 0 Å². The van der Waals surface area contributed by atoms with Crippen LogP contribution in [0.2, 0.25) is 0 Å². The van der Waals surface area contributed by atoms with Gasteiger partial charge in [0.1, 0.15) is 0 Å². The third kappa shape index (κ3) is 4.10. The van der Waals surface area contributed by atoms with E-state index in [1.165, 1.54) is 6.08 Å². The van der Waals surface area contributed by atoms with Gasteiger partial charge in [-0.25, -0.2) is 0 Å². The highest BCUT2D eigenvalue weighted by molar-refractivity contribution is 5.86. The first-order valence-corrected chi connectivity index (χ1v) is 3.82. The Hall–Kier alpha value is -0.870. The molecule has 0 aromatic carbocycles. The van der Waals surface area contributed by atoms with Gasteiger partial charge < -0.3 is 10.1 Å². The molecule has 4 heteroatoms. The van der Waals surface area contributed by atoms with E-state index >= 15 is 0 Å². The number of ether oxygens (including phenoxy) is 1. The van der Waals surface area contributed by atoms with Crippen LogP contribution in [0.3, 0.4) is 0 Å². The molecule has 70 valence electrons. The van der Waals surface area contributed by atoms with Crippen molar-refractivity contribution >= 4 is 5.91 Å². The second-order valence-corrected chi connectivity index (χ2v) is 2.48. The van der Waals surface area contributed by atoms with Crippen molar-refractivity contribution in [2.24, 2.45) is 0 Å². The number of nitrogens with zero attached hydrogens (tertiary/aromatic N) is 1. The maximum Gasteiger partial charge on any atom is 0.246 e. The Labute approximate surface area is 73.2 Å². The van der Waals surface area contributed by atoms with E-state index in [-0.39, 0.29) is 12.3 Å². The lowest BCUT2D eigenvalue weighted by Crippen LogP contribution is -2.45. The zero-order valence-electron chi connectivity index (χ0n) is 7.83. The highest BCUT2D eigenvalue weighted by Crippen LogP contribution is 1.91. The standard InChI is InChI=1S/C8H16N2O2/c1-5-7(11)9-8(10(3)4)12-6-2/h5,8H,1,6H2,2-4H3,(H,9,11). The Morgan fingerprint density at radius 3 is 2.67 bits per heavy atom. The van der Waals surface area contributed by atoms with E-state index in [2.05, 4.69) is 11.9 Å². The molecular weight excluding hydrogens is 156 g/mol. The van der Waals surface area contributed by atoms with Gasteiger partial charge >= 0.3 is 0 Å². The van der Waals surface area contributed by atoms with Crippen molar-refractivity contribution in [3.05, 3.63) is 12.7 Å². The average Bonchev–Trinajstić information content (AvgIpc) is 2.03. The van der Waals surface area contributed by atoms with Crippen LogP contribution in [0.25, 0.3) is 0 Å². The number of carbonyl (C=O) groups is 1. The summed E-state index contributed by atoms with van der Waals surface area (Å²) in [7, 11) is 3.65. The summed E-state index contributed by atoms with van der Waals surface area (Å²) in [6.45, 7) is 5.77. The van der Waals surface area contributed by atoms with Crippen LogP contribution in [0.15, 0.2) is 12.7 Å². The van der Waals surface area contributed by atoms with E-state index in [9.17, 15) is 4.79 Å². The molecule has 0 spiro atoms. The van der Waals surface area contributed by atoms with Crippen molar-refractivity contribution < 1.29 is 9.53 Å². The van der Waals surface area contributed by atoms with E-state index in [0.29, 0.717) is 6.61 Å². The summed E-state index contributed by atoms with van der Waals surface area (Å²) in [4.78, 5) is 12.6. The van der Waals surface area contributed by atoms with E-state index in [1.54, 1.807) is 4.90 Å². The maximum absolute atomic E-state index is 10.9. The second kappa shape index (κ2) is 5.74. The van der Waals surface area contributed by atoms with Gasteiger partial charge in [-0.2, -0.15) is 0 Å². The third-order valence-electron chi connectivity index (χ3n) is 1.24. The zero-order chi connectivity index (χ0) is 9.56. The maximum atomic E-state index is 10.9. The van der Waals surface area contributed by atoms with Crippen LogP contribution in [0.5, 0.6) is 0 Å². The number of nitrogens with one attached hydrogen (secondary N) is 1. The van der Waals surface area contributed by atoms with E-state index in [4.69, 9.17) is 4.74 Å². The molecule has 0 bridgehead atoms. The summed E-state index contributed by atoms with van der Waals surface area (Å²) in [5, 5.41) is 2.61. The predicted octanol–water partition coefficient (Wildman–Crippen LogP) is 0.170. The van der Waals surface area contributed by atoms with Crippen molar-refractivity contribution in [1.82, 2.24) is 10.2 Å². The van der Waals surface area contributed by atoms with Gasteiger partial charge in [-0.05, 0) is 27.1 Å².